The van der Waals surface area contributed by atoms with Crippen LogP contribution in [0.1, 0.15) is 62.6 Å². The maximum absolute atomic E-state index is 13.8. The fourth-order valence-electron chi connectivity index (χ4n) is 2.13. The summed E-state index contributed by atoms with van der Waals surface area (Å²) in [6.45, 7) is 3.79. The molecule has 0 saturated carbocycles. The van der Waals surface area contributed by atoms with E-state index in [1.165, 1.54) is 31.4 Å². The number of rotatable bonds is 7. The first-order valence-corrected chi connectivity index (χ1v) is 6.78. The molecule has 102 valence electrons. The van der Waals surface area contributed by atoms with Gasteiger partial charge in [-0.05, 0) is 25.0 Å². The molecule has 1 rings (SSSR count). The summed E-state index contributed by atoms with van der Waals surface area (Å²) >= 11 is 0. The minimum absolute atomic E-state index is 0.0468. The lowest BCUT2D eigenvalue weighted by Crippen LogP contribution is -2.15. The van der Waals surface area contributed by atoms with E-state index in [1.54, 1.807) is 6.92 Å². The van der Waals surface area contributed by atoms with Crippen LogP contribution >= 0.6 is 0 Å². The van der Waals surface area contributed by atoms with Gasteiger partial charge in [0.25, 0.3) is 0 Å². The molecular weight excluding hydrogens is 232 g/mol. The van der Waals surface area contributed by atoms with Gasteiger partial charge in [-0.3, -0.25) is 0 Å². The van der Waals surface area contributed by atoms with E-state index >= 15 is 0 Å². The molecule has 2 N–H and O–H groups in total. The molecule has 1 nitrogen and oxygen atoms in total. The zero-order valence-electron chi connectivity index (χ0n) is 11.3. The first-order chi connectivity index (χ1) is 8.57. The van der Waals surface area contributed by atoms with E-state index in [0.717, 1.165) is 12.8 Å². The number of hydrogen-bond acceptors (Lipinski definition) is 1. The summed E-state index contributed by atoms with van der Waals surface area (Å²) < 4.78 is 27.4. The van der Waals surface area contributed by atoms with E-state index in [2.05, 4.69) is 6.92 Å². The molecule has 0 aliphatic carbocycles. The molecule has 0 heterocycles. The lowest BCUT2D eigenvalue weighted by molar-refractivity contribution is 0.489. The van der Waals surface area contributed by atoms with E-state index in [9.17, 15) is 8.78 Å². The first kappa shape index (κ1) is 15.1. The van der Waals surface area contributed by atoms with Gasteiger partial charge in [0.15, 0.2) is 0 Å². The smallest absolute Gasteiger partial charge is 0.133 e. The van der Waals surface area contributed by atoms with Crippen LogP contribution in [0.25, 0.3) is 0 Å². The number of halogens is 2. The van der Waals surface area contributed by atoms with Gasteiger partial charge in [0.05, 0.1) is 0 Å². The Labute approximate surface area is 108 Å². The quantitative estimate of drug-likeness (QED) is 0.706. The van der Waals surface area contributed by atoms with E-state index in [0.29, 0.717) is 12.0 Å². The zero-order valence-corrected chi connectivity index (χ0v) is 11.3. The van der Waals surface area contributed by atoms with E-state index in [4.69, 9.17) is 5.73 Å². The minimum atomic E-state index is -0.536. The Morgan fingerprint density at radius 3 is 2.44 bits per heavy atom. The minimum Gasteiger partial charge on any atom is -0.324 e. The molecular formula is C15H23F2N. The van der Waals surface area contributed by atoms with Crippen LogP contribution in [0.2, 0.25) is 0 Å². The van der Waals surface area contributed by atoms with Crippen molar-refractivity contribution in [3.8, 4) is 0 Å². The van der Waals surface area contributed by atoms with Crippen LogP contribution in [0.5, 0.6) is 0 Å². The van der Waals surface area contributed by atoms with E-state index in [-0.39, 0.29) is 5.56 Å². The monoisotopic (exact) mass is 255 g/mol. The van der Waals surface area contributed by atoms with E-state index < -0.39 is 17.7 Å². The number of benzene rings is 1. The van der Waals surface area contributed by atoms with Gasteiger partial charge in [0.1, 0.15) is 11.6 Å². The fourth-order valence-corrected chi connectivity index (χ4v) is 2.13. The van der Waals surface area contributed by atoms with Crippen LogP contribution in [-0.2, 0) is 0 Å². The third-order valence-electron chi connectivity index (χ3n) is 3.31. The summed E-state index contributed by atoms with van der Waals surface area (Å²) in [5, 5.41) is 0. The topological polar surface area (TPSA) is 26.0 Å². The second-order valence-electron chi connectivity index (χ2n) is 4.90. The molecule has 1 unspecified atom stereocenters. The summed E-state index contributed by atoms with van der Waals surface area (Å²) in [7, 11) is 0. The van der Waals surface area contributed by atoms with Gasteiger partial charge < -0.3 is 5.73 Å². The van der Waals surface area contributed by atoms with Crippen LogP contribution in [0.3, 0.4) is 0 Å². The maximum atomic E-state index is 13.8. The van der Waals surface area contributed by atoms with Crippen molar-refractivity contribution in [1.29, 1.82) is 0 Å². The van der Waals surface area contributed by atoms with Crippen LogP contribution in [-0.4, -0.2) is 0 Å². The highest BCUT2D eigenvalue weighted by molar-refractivity contribution is 5.28. The van der Waals surface area contributed by atoms with Crippen molar-refractivity contribution in [3.63, 3.8) is 0 Å². The molecule has 3 heteroatoms. The predicted octanol–water partition coefficient (Wildman–Crippen LogP) is 4.63. The molecule has 1 atom stereocenters. The summed E-state index contributed by atoms with van der Waals surface area (Å²) in [6.07, 6.45) is 6.21. The Hall–Kier alpha value is -0.960. The van der Waals surface area contributed by atoms with Crippen LogP contribution < -0.4 is 5.73 Å². The molecule has 1 aromatic carbocycles. The number of aryl methyl sites for hydroxylation is 1. The largest absolute Gasteiger partial charge is 0.324 e. The average molecular weight is 255 g/mol. The highest BCUT2D eigenvalue weighted by atomic mass is 19.1. The van der Waals surface area contributed by atoms with Crippen molar-refractivity contribution in [1.82, 2.24) is 0 Å². The number of nitrogens with two attached hydrogens (primary N) is 1. The number of unbranched alkanes of at least 4 members (excludes halogenated alkanes) is 4. The molecule has 0 fully saturated rings. The molecule has 1 aromatic rings. The second-order valence-corrected chi connectivity index (χ2v) is 4.90. The Balaban J connectivity index is 2.56. The highest BCUT2D eigenvalue weighted by Gasteiger charge is 2.17. The SMILES string of the molecule is CCCCCCCC(N)c1c(F)ccc(C)c1F. The van der Waals surface area contributed by atoms with Crippen molar-refractivity contribution >= 4 is 0 Å². The summed E-state index contributed by atoms with van der Waals surface area (Å²) in [5.74, 6) is -1.02. The van der Waals surface area contributed by atoms with Crippen LogP contribution in [0.4, 0.5) is 8.78 Å². The normalized spacial score (nSPS) is 12.7. The Bertz CT molecular complexity index is 377. The third-order valence-corrected chi connectivity index (χ3v) is 3.31. The third kappa shape index (κ3) is 4.05. The van der Waals surface area contributed by atoms with Gasteiger partial charge in [-0.2, -0.15) is 0 Å². The van der Waals surface area contributed by atoms with Gasteiger partial charge >= 0.3 is 0 Å². The first-order valence-electron chi connectivity index (χ1n) is 6.78. The molecule has 0 amide bonds. The van der Waals surface area contributed by atoms with E-state index in [1.807, 2.05) is 0 Å². The standard InChI is InChI=1S/C15H23F2N/c1-3-4-5-6-7-8-13(18)14-12(16)10-9-11(2)15(14)17/h9-10,13H,3-8,18H2,1-2H3. The zero-order chi connectivity index (χ0) is 13.5. The Morgan fingerprint density at radius 2 is 1.78 bits per heavy atom. The van der Waals surface area contributed by atoms with Crippen molar-refractivity contribution < 1.29 is 8.78 Å². The van der Waals surface area contributed by atoms with Crippen LogP contribution in [0.15, 0.2) is 12.1 Å². The molecule has 0 aliphatic heterocycles. The van der Waals surface area contributed by atoms with Gasteiger partial charge in [0, 0.05) is 11.6 Å². The van der Waals surface area contributed by atoms with Crippen molar-refractivity contribution in [2.75, 3.05) is 0 Å². The van der Waals surface area contributed by atoms with Crippen LogP contribution in [0, 0.1) is 18.6 Å². The van der Waals surface area contributed by atoms with Gasteiger partial charge in [-0.25, -0.2) is 8.78 Å². The lowest BCUT2D eigenvalue weighted by atomic mass is 9.98. The summed E-state index contributed by atoms with van der Waals surface area (Å²) in [6, 6.07) is 2.21. The second kappa shape index (κ2) is 7.47. The highest BCUT2D eigenvalue weighted by Crippen LogP contribution is 2.25. The van der Waals surface area contributed by atoms with Gasteiger partial charge in [0.2, 0.25) is 0 Å². The van der Waals surface area contributed by atoms with Crippen molar-refractivity contribution in [3.05, 3.63) is 34.9 Å². The van der Waals surface area contributed by atoms with Crippen molar-refractivity contribution in [2.24, 2.45) is 5.73 Å². The Morgan fingerprint density at radius 1 is 1.11 bits per heavy atom. The lowest BCUT2D eigenvalue weighted by Gasteiger charge is -2.15. The molecule has 18 heavy (non-hydrogen) atoms. The Kier molecular flexibility index (Phi) is 6.27. The summed E-state index contributed by atoms with van der Waals surface area (Å²) in [5.41, 5.74) is 6.40. The average Bonchev–Trinajstić information content (AvgIpc) is 2.34. The molecule has 0 radical (unpaired) electrons. The molecule has 0 saturated heterocycles. The predicted molar refractivity (Wildman–Crippen MR) is 71.4 cm³/mol. The van der Waals surface area contributed by atoms with Gasteiger partial charge in [-0.15, -0.1) is 0 Å². The summed E-state index contributed by atoms with van der Waals surface area (Å²) in [4.78, 5) is 0. The molecule has 0 aromatic heterocycles. The fraction of sp³-hybridized carbons (Fsp3) is 0.600. The molecule has 0 bridgehead atoms. The van der Waals surface area contributed by atoms with Gasteiger partial charge in [-0.1, -0.05) is 45.1 Å². The molecule has 0 aliphatic rings. The number of hydrogen-bond donors (Lipinski definition) is 1. The van der Waals surface area contributed by atoms with Crippen molar-refractivity contribution in [2.45, 2.75) is 58.4 Å². The maximum Gasteiger partial charge on any atom is 0.133 e. The molecule has 0 spiro atoms.